The van der Waals surface area contributed by atoms with Crippen molar-refractivity contribution in [3.8, 4) is 0 Å². The molecule has 0 heterocycles. The van der Waals surface area contributed by atoms with Gasteiger partial charge in [-0.15, -0.1) is 0 Å². The molecule has 118 valence electrons. The highest BCUT2D eigenvalue weighted by Crippen LogP contribution is 2.64. The van der Waals surface area contributed by atoms with Gasteiger partial charge in [0.15, 0.2) is 0 Å². The van der Waals surface area contributed by atoms with Crippen molar-refractivity contribution in [2.45, 2.75) is 51.4 Å². The molecule has 4 bridgehead atoms. The lowest BCUT2D eigenvalue weighted by molar-refractivity contribution is -0.155. The van der Waals surface area contributed by atoms with Crippen molar-refractivity contribution >= 4 is 5.97 Å². The van der Waals surface area contributed by atoms with Crippen LogP contribution in [-0.2, 0) is 9.53 Å². The van der Waals surface area contributed by atoms with Crippen LogP contribution >= 0.6 is 0 Å². The van der Waals surface area contributed by atoms with E-state index in [4.69, 9.17) is 4.74 Å². The molecule has 1 atom stereocenters. The molecule has 1 unspecified atom stereocenters. The monoisotopic (exact) mass is 298 g/mol. The molecule has 0 aliphatic heterocycles. The molecule has 1 aromatic carbocycles. The first kappa shape index (κ1) is 14.3. The Morgan fingerprint density at radius 3 is 2.14 bits per heavy atom. The molecule has 1 aromatic rings. The van der Waals surface area contributed by atoms with Gasteiger partial charge in [-0.1, -0.05) is 30.3 Å². The Labute approximate surface area is 133 Å². The molecule has 5 rings (SSSR count). The second kappa shape index (κ2) is 5.40. The van der Waals surface area contributed by atoms with Crippen LogP contribution in [0.1, 0.15) is 56.9 Å². The molecule has 0 radical (unpaired) electrons. The van der Waals surface area contributed by atoms with Gasteiger partial charge in [-0.05, 0) is 74.2 Å². The van der Waals surface area contributed by atoms with E-state index in [1.54, 1.807) is 0 Å². The highest BCUT2D eigenvalue weighted by Gasteiger charge is 2.56. The number of ether oxygens (including phenoxy) is 1. The molecule has 4 saturated carbocycles. The standard InChI is InChI=1S/C20H26O2/c1-2-22-19(21)18(17-6-4-3-5-7-17)20-11-14-8-15(12-20)10-16(9-14)13-20/h3-7,14-16,18H,2,8-13H2,1H3. The number of rotatable bonds is 4. The Morgan fingerprint density at radius 1 is 1.09 bits per heavy atom. The van der Waals surface area contributed by atoms with E-state index in [1.807, 2.05) is 13.0 Å². The molecule has 0 N–H and O–H groups in total. The number of carbonyl (C=O) groups excluding carboxylic acids is 1. The number of hydrogen-bond acceptors (Lipinski definition) is 2. The van der Waals surface area contributed by atoms with Crippen LogP contribution in [0.15, 0.2) is 30.3 Å². The van der Waals surface area contributed by atoms with Crippen LogP contribution < -0.4 is 0 Å². The quantitative estimate of drug-likeness (QED) is 0.762. The maximum absolute atomic E-state index is 12.8. The maximum Gasteiger partial charge on any atom is 0.313 e. The average Bonchev–Trinajstić information content (AvgIpc) is 2.47. The highest BCUT2D eigenvalue weighted by atomic mass is 16.5. The zero-order chi connectivity index (χ0) is 15.2. The van der Waals surface area contributed by atoms with Gasteiger partial charge in [0.1, 0.15) is 0 Å². The largest absolute Gasteiger partial charge is 0.466 e. The Bertz CT molecular complexity index is 513. The van der Waals surface area contributed by atoms with E-state index in [-0.39, 0.29) is 17.3 Å². The molecule has 0 spiro atoms. The summed E-state index contributed by atoms with van der Waals surface area (Å²) in [5, 5.41) is 0. The normalized spacial score (nSPS) is 37.0. The van der Waals surface area contributed by atoms with Crippen molar-refractivity contribution in [3.05, 3.63) is 35.9 Å². The molecular weight excluding hydrogens is 272 g/mol. The first-order valence-corrected chi connectivity index (χ1v) is 8.92. The van der Waals surface area contributed by atoms with Gasteiger partial charge < -0.3 is 4.74 Å². The van der Waals surface area contributed by atoms with Gasteiger partial charge in [-0.25, -0.2) is 0 Å². The van der Waals surface area contributed by atoms with Crippen molar-refractivity contribution in [3.63, 3.8) is 0 Å². The fraction of sp³-hybridized carbons (Fsp3) is 0.650. The Hall–Kier alpha value is -1.31. The molecule has 22 heavy (non-hydrogen) atoms. The second-order valence-electron chi connectivity index (χ2n) is 7.88. The minimum atomic E-state index is -0.0537. The van der Waals surface area contributed by atoms with Crippen LogP contribution in [0, 0.1) is 23.2 Å². The van der Waals surface area contributed by atoms with Crippen LogP contribution in [0.4, 0.5) is 0 Å². The molecule has 0 amide bonds. The zero-order valence-electron chi connectivity index (χ0n) is 13.5. The number of esters is 1. The molecule has 0 aromatic heterocycles. The van der Waals surface area contributed by atoms with E-state index >= 15 is 0 Å². The first-order valence-electron chi connectivity index (χ1n) is 8.92. The van der Waals surface area contributed by atoms with Gasteiger partial charge in [0.05, 0.1) is 12.5 Å². The smallest absolute Gasteiger partial charge is 0.313 e. The third-order valence-electron chi connectivity index (χ3n) is 6.35. The summed E-state index contributed by atoms with van der Waals surface area (Å²) in [4.78, 5) is 12.8. The summed E-state index contributed by atoms with van der Waals surface area (Å²) in [7, 11) is 0. The minimum absolute atomic E-state index is 0.00986. The van der Waals surface area contributed by atoms with E-state index < -0.39 is 0 Å². The molecule has 2 heteroatoms. The minimum Gasteiger partial charge on any atom is -0.466 e. The van der Waals surface area contributed by atoms with Gasteiger partial charge in [0.2, 0.25) is 0 Å². The third-order valence-corrected chi connectivity index (χ3v) is 6.35. The summed E-state index contributed by atoms with van der Waals surface area (Å²) in [5.74, 6) is 2.52. The van der Waals surface area contributed by atoms with Crippen molar-refractivity contribution in [1.29, 1.82) is 0 Å². The third kappa shape index (κ3) is 2.28. The topological polar surface area (TPSA) is 26.3 Å². The molecular formula is C20H26O2. The summed E-state index contributed by atoms with van der Waals surface area (Å²) in [6, 6.07) is 10.4. The van der Waals surface area contributed by atoms with E-state index in [0.29, 0.717) is 6.61 Å². The van der Waals surface area contributed by atoms with Crippen molar-refractivity contribution < 1.29 is 9.53 Å². The lowest BCUT2D eigenvalue weighted by atomic mass is 9.46. The van der Waals surface area contributed by atoms with Crippen molar-refractivity contribution in [1.82, 2.24) is 0 Å². The molecule has 4 aliphatic rings. The number of hydrogen-bond donors (Lipinski definition) is 0. The van der Waals surface area contributed by atoms with E-state index in [2.05, 4.69) is 24.3 Å². The van der Waals surface area contributed by atoms with Crippen molar-refractivity contribution in [2.75, 3.05) is 6.61 Å². The van der Waals surface area contributed by atoms with Crippen LogP contribution in [-0.4, -0.2) is 12.6 Å². The Morgan fingerprint density at radius 2 is 1.64 bits per heavy atom. The summed E-state index contributed by atoms with van der Waals surface area (Å²) in [5.41, 5.74) is 1.34. The predicted molar refractivity (Wildman–Crippen MR) is 86.4 cm³/mol. The van der Waals surface area contributed by atoms with Crippen LogP contribution in [0.3, 0.4) is 0 Å². The van der Waals surface area contributed by atoms with Gasteiger partial charge >= 0.3 is 5.97 Å². The highest BCUT2D eigenvalue weighted by molar-refractivity contribution is 5.79. The fourth-order valence-corrected chi connectivity index (χ4v) is 6.14. The van der Waals surface area contributed by atoms with Crippen LogP contribution in [0.2, 0.25) is 0 Å². The van der Waals surface area contributed by atoms with E-state index in [0.717, 1.165) is 17.8 Å². The lowest BCUT2D eigenvalue weighted by Gasteiger charge is -2.59. The number of carbonyl (C=O) groups is 1. The molecule has 4 fully saturated rings. The van der Waals surface area contributed by atoms with E-state index in [9.17, 15) is 4.79 Å². The zero-order valence-corrected chi connectivity index (χ0v) is 13.5. The lowest BCUT2D eigenvalue weighted by Crippen LogP contribution is -2.50. The van der Waals surface area contributed by atoms with Crippen LogP contribution in [0.25, 0.3) is 0 Å². The summed E-state index contributed by atoms with van der Waals surface area (Å²) in [6.45, 7) is 2.40. The second-order valence-corrected chi connectivity index (χ2v) is 7.88. The summed E-state index contributed by atoms with van der Waals surface area (Å²) >= 11 is 0. The summed E-state index contributed by atoms with van der Waals surface area (Å²) in [6.07, 6.45) is 7.92. The van der Waals surface area contributed by atoms with E-state index in [1.165, 1.54) is 44.1 Å². The maximum atomic E-state index is 12.8. The van der Waals surface area contributed by atoms with Crippen molar-refractivity contribution in [2.24, 2.45) is 23.2 Å². The number of benzene rings is 1. The van der Waals surface area contributed by atoms with Gasteiger partial charge in [0.25, 0.3) is 0 Å². The average molecular weight is 298 g/mol. The van der Waals surface area contributed by atoms with Gasteiger partial charge in [-0.3, -0.25) is 4.79 Å². The molecule has 4 aliphatic carbocycles. The van der Waals surface area contributed by atoms with Gasteiger partial charge in [0, 0.05) is 0 Å². The Balaban J connectivity index is 1.72. The fourth-order valence-electron chi connectivity index (χ4n) is 6.14. The van der Waals surface area contributed by atoms with Crippen LogP contribution in [0.5, 0.6) is 0 Å². The summed E-state index contributed by atoms with van der Waals surface area (Å²) < 4.78 is 5.51. The van der Waals surface area contributed by atoms with Gasteiger partial charge in [-0.2, -0.15) is 0 Å². The Kier molecular flexibility index (Phi) is 3.51. The molecule has 2 nitrogen and oxygen atoms in total. The predicted octanol–water partition coefficient (Wildman–Crippen LogP) is 4.55. The molecule has 0 saturated heterocycles. The SMILES string of the molecule is CCOC(=O)C(c1ccccc1)C12CC3CC(CC(C3)C1)C2. The first-order chi connectivity index (χ1) is 10.7.